The molecule has 1 saturated heterocycles. The number of alkyl halides is 1. The maximum Gasteiger partial charge on any atom is 0.334 e. The fraction of sp³-hybridized carbons (Fsp3) is 0.429. The van der Waals surface area contributed by atoms with Gasteiger partial charge in [-0.05, 0) is 12.0 Å². The highest BCUT2D eigenvalue weighted by molar-refractivity contribution is 9.09. The van der Waals surface area contributed by atoms with Crippen molar-refractivity contribution in [3.63, 3.8) is 0 Å². The van der Waals surface area contributed by atoms with Crippen LogP contribution >= 0.6 is 15.9 Å². The fourth-order valence-corrected chi connectivity index (χ4v) is 3.01. The van der Waals surface area contributed by atoms with Crippen LogP contribution in [-0.4, -0.2) is 50.5 Å². The lowest BCUT2D eigenvalue weighted by Gasteiger charge is -2.30. The first kappa shape index (κ1) is 15.0. The zero-order chi connectivity index (χ0) is 14.7. The molecule has 20 heavy (non-hydrogen) atoms. The number of aliphatic hydroxyl groups excluding tert-OH is 1. The van der Waals surface area contributed by atoms with Gasteiger partial charge >= 0.3 is 5.97 Å². The molecule has 2 rings (SSSR count). The minimum atomic E-state index is -1.59. The molecule has 1 aliphatic heterocycles. The Kier molecular flexibility index (Phi) is 4.77. The standard InChI is InChI=1S/C14H16BrNO4/c15-10-7-12(17)16(8-10)11(13(18)14(19)20)6-9-4-2-1-3-5-9/h1-5,10-11,13,18H,6-8H2,(H,19,20)/t10?,11-,13+/m1/s1. The van der Waals surface area contributed by atoms with Crippen molar-refractivity contribution in [2.45, 2.75) is 29.8 Å². The van der Waals surface area contributed by atoms with Crippen LogP contribution in [0, 0.1) is 0 Å². The molecule has 108 valence electrons. The minimum Gasteiger partial charge on any atom is -0.479 e. The van der Waals surface area contributed by atoms with Crippen molar-refractivity contribution in [2.75, 3.05) is 6.54 Å². The van der Waals surface area contributed by atoms with E-state index >= 15 is 0 Å². The number of hydrogen-bond donors (Lipinski definition) is 2. The molecule has 1 aromatic carbocycles. The number of halogens is 1. The summed E-state index contributed by atoms with van der Waals surface area (Å²) in [5, 5.41) is 18.9. The molecule has 1 heterocycles. The highest BCUT2D eigenvalue weighted by atomic mass is 79.9. The van der Waals surface area contributed by atoms with Gasteiger partial charge in [-0.3, -0.25) is 4.79 Å². The number of carbonyl (C=O) groups is 2. The first-order valence-electron chi connectivity index (χ1n) is 6.37. The average molecular weight is 342 g/mol. The number of carboxylic acid groups (broad SMARTS) is 1. The van der Waals surface area contributed by atoms with Crippen LogP contribution in [0.1, 0.15) is 12.0 Å². The zero-order valence-corrected chi connectivity index (χ0v) is 12.4. The number of carboxylic acids is 1. The first-order chi connectivity index (χ1) is 9.49. The molecule has 0 aliphatic carbocycles. The molecule has 5 nitrogen and oxygen atoms in total. The van der Waals surface area contributed by atoms with E-state index in [9.17, 15) is 14.7 Å². The van der Waals surface area contributed by atoms with E-state index in [-0.39, 0.29) is 10.7 Å². The summed E-state index contributed by atoms with van der Waals surface area (Å²) in [6, 6.07) is 8.52. The lowest BCUT2D eigenvalue weighted by atomic mass is 10.00. The first-order valence-corrected chi connectivity index (χ1v) is 7.29. The van der Waals surface area contributed by atoms with Crippen molar-refractivity contribution in [2.24, 2.45) is 0 Å². The molecule has 1 amide bonds. The molecule has 1 aromatic rings. The van der Waals surface area contributed by atoms with E-state index < -0.39 is 18.1 Å². The van der Waals surface area contributed by atoms with E-state index in [0.29, 0.717) is 19.4 Å². The molecule has 0 aromatic heterocycles. The second-order valence-electron chi connectivity index (χ2n) is 4.89. The van der Waals surface area contributed by atoms with Gasteiger partial charge in [0.15, 0.2) is 6.10 Å². The van der Waals surface area contributed by atoms with Crippen LogP contribution in [0.2, 0.25) is 0 Å². The molecule has 6 heteroatoms. The van der Waals surface area contributed by atoms with Crippen LogP contribution < -0.4 is 0 Å². The third-order valence-corrected chi connectivity index (χ3v) is 4.03. The van der Waals surface area contributed by atoms with Crippen LogP contribution in [0.5, 0.6) is 0 Å². The molecule has 0 saturated carbocycles. The molecule has 0 spiro atoms. The Bertz CT molecular complexity index is 493. The number of rotatable bonds is 5. The summed E-state index contributed by atoms with van der Waals surface area (Å²) in [5.41, 5.74) is 0.892. The monoisotopic (exact) mass is 341 g/mol. The highest BCUT2D eigenvalue weighted by Gasteiger charge is 2.39. The van der Waals surface area contributed by atoms with Gasteiger partial charge in [0.05, 0.1) is 6.04 Å². The third-order valence-electron chi connectivity index (χ3n) is 3.42. The SMILES string of the molecule is O=C(O)[C@@H](O)[C@@H](Cc1ccccc1)N1CC(Br)CC1=O. The van der Waals surface area contributed by atoms with Gasteiger partial charge in [0.2, 0.25) is 5.91 Å². The molecule has 1 unspecified atom stereocenters. The van der Waals surface area contributed by atoms with E-state index in [4.69, 9.17) is 5.11 Å². The predicted molar refractivity (Wildman–Crippen MR) is 76.6 cm³/mol. The number of benzene rings is 1. The topological polar surface area (TPSA) is 77.8 Å². The lowest BCUT2D eigenvalue weighted by Crippen LogP contribution is -2.49. The second kappa shape index (κ2) is 6.37. The van der Waals surface area contributed by atoms with Gasteiger partial charge in [0, 0.05) is 17.8 Å². The Morgan fingerprint density at radius 2 is 2.05 bits per heavy atom. The van der Waals surface area contributed by atoms with E-state index in [0.717, 1.165) is 5.56 Å². The number of nitrogens with zero attached hydrogens (tertiary/aromatic N) is 1. The molecule has 1 aliphatic rings. The van der Waals surface area contributed by atoms with Crippen LogP contribution in [0.25, 0.3) is 0 Å². The Hall–Kier alpha value is -1.40. The molecule has 2 N–H and O–H groups in total. The molecule has 3 atom stereocenters. The lowest BCUT2D eigenvalue weighted by molar-refractivity contribution is -0.152. The van der Waals surface area contributed by atoms with Gasteiger partial charge in [-0.25, -0.2) is 4.79 Å². The maximum atomic E-state index is 11.9. The summed E-state index contributed by atoms with van der Waals surface area (Å²) in [4.78, 5) is 24.5. The number of likely N-dealkylation sites (tertiary alicyclic amines) is 1. The predicted octanol–water partition coefficient (Wildman–Crippen LogP) is 1.04. The summed E-state index contributed by atoms with van der Waals surface area (Å²) in [5.74, 6) is -1.44. The average Bonchev–Trinajstić information content (AvgIpc) is 2.75. The van der Waals surface area contributed by atoms with E-state index in [1.54, 1.807) is 0 Å². The van der Waals surface area contributed by atoms with Crippen LogP contribution in [-0.2, 0) is 16.0 Å². The van der Waals surface area contributed by atoms with Gasteiger partial charge in [-0.1, -0.05) is 46.3 Å². The van der Waals surface area contributed by atoms with Crippen LogP contribution in [0.3, 0.4) is 0 Å². The maximum absolute atomic E-state index is 11.9. The molecule has 0 bridgehead atoms. The molecular formula is C14H16BrNO4. The van der Waals surface area contributed by atoms with E-state index in [1.807, 2.05) is 30.3 Å². The fourth-order valence-electron chi connectivity index (χ4n) is 2.42. The molecule has 1 fully saturated rings. The summed E-state index contributed by atoms with van der Waals surface area (Å²) in [6.07, 6.45) is -0.936. The number of aliphatic carboxylic acids is 1. The van der Waals surface area contributed by atoms with Crippen molar-refractivity contribution < 1.29 is 19.8 Å². The minimum absolute atomic E-state index is 0.00858. The zero-order valence-electron chi connectivity index (χ0n) is 10.8. The Morgan fingerprint density at radius 1 is 1.40 bits per heavy atom. The van der Waals surface area contributed by atoms with Crippen LogP contribution in [0.15, 0.2) is 30.3 Å². The third kappa shape index (κ3) is 3.37. The Morgan fingerprint density at radius 3 is 2.55 bits per heavy atom. The highest BCUT2D eigenvalue weighted by Crippen LogP contribution is 2.24. The Balaban J connectivity index is 2.21. The van der Waals surface area contributed by atoms with Crippen molar-refractivity contribution in [1.82, 2.24) is 4.90 Å². The smallest absolute Gasteiger partial charge is 0.334 e. The van der Waals surface area contributed by atoms with Gasteiger partial charge in [-0.15, -0.1) is 0 Å². The second-order valence-corrected chi connectivity index (χ2v) is 6.18. The number of amides is 1. The van der Waals surface area contributed by atoms with E-state index in [1.165, 1.54) is 4.90 Å². The van der Waals surface area contributed by atoms with Crippen molar-refractivity contribution in [3.8, 4) is 0 Å². The van der Waals surface area contributed by atoms with Gasteiger partial charge in [-0.2, -0.15) is 0 Å². The summed E-state index contributed by atoms with van der Waals surface area (Å²) < 4.78 is 0. The summed E-state index contributed by atoms with van der Waals surface area (Å²) >= 11 is 3.37. The molecular weight excluding hydrogens is 326 g/mol. The number of aliphatic hydroxyl groups is 1. The molecule has 0 radical (unpaired) electrons. The van der Waals surface area contributed by atoms with Gasteiger partial charge in [0.25, 0.3) is 0 Å². The normalized spacial score (nSPS) is 21.8. The van der Waals surface area contributed by atoms with Crippen LogP contribution in [0.4, 0.5) is 0 Å². The van der Waals surface area contributed by atoms with E-state index in [2.05, 4.69) is 15.9 Å². The summed E-state index contributed by atoms with van der Waals surface area (Å²) in [6.45, 7) is 0.417. The Labute approximate surface area is 125 Å². The van der Waals surface area contributed by atoms with Crippen molar-refractivity contribution in [1.29, 1.82) is 0 Å². The van der Waals surface area contributed by atoms with Gasteiger partial charge in [0.1, 0.15) is 0 Å². The van der Waals surface area contributed by atoms with Crippen molar-refractivity contribution >= 4 is 27.8 Å². The van der Waals surface area contributed by atoms with Crippen molar-refractivity contribution in [3.05, 3.63) is 35.9 Å². The number of hydrogen-bond acceptors (Lipinski definition) is 3. The largest absolute Gasteiger partial charge is 0.479 e. The summed E-state index contributed by atoms with van der Waals surface area (Å²) in [7, 11) is 0. The number of carbonyl (C=O) groups excluding carboxylic acids is 1. The quantitative estimate of drug-likeness (QED) is 0.784. The van der Waals surface area contributed by atoms with Gasteiger partial charge < -0.3 is 15.1 Å².